The monoisotopic (exact) mass is 490 g/mol. The van der Waals surface area contributed by atoms with Gasteiger partial charge in [0.25, 0.3) is 0 Å². The van der Waals surface area contributed by atoms with Gasteiger partial charge in [-0.1, -0.05) is 18.2 Å². The first-order valence-electron chi connectivity index (χ1n) is 11.3. The minimum atomic E-state index is -0.925. The van der Waals surface area contributed by atoms with E-state index in [1.54, 1.807) is 43.9 Å². The lowest BCUT2D eigenvalue weighted by Crippen LogP contribution is -2.40. The molecule has 8 nitrogen and oxygen atoms in total. The predicted molar refractivity (Wildman–Crippen MR) is 123 cm³/mol. The fraction of sp³-hybridized carbons (Fsp3) is 0.440. The lowest BCUT2D eigenvalue weighted by Gasteiger charge is -2.33. The standard InChI is InChI=1S/C25H28F2N2O6/c1-25(2,3)35-24(31)29-13-15-6-5-7-16(22(15)34-14-29)19-18(26)12-17(23(30)32-4)21(20(19)27)28-8-10-33-11-9-28/h5-7,12H,8-11,13-14H2,1-4H3. The molecule has 2 aliphatic heterocycles. The summed E-state index contributed by atoms with van der Waals surface area (Å²) in [6, 6.07) is 5.89. The highest BCUT2D eigenvalue weighted by Crippen LogP contribution is 2.42. The SMILES string of the molecule is COC(=O)c1cc(F)c(-c2cccc3c2OCN(C(=O)OC(C)(C)C)C3)c(F)c1N1CCOCC1. The van der Waals surface area contributed by atoms with E-state index in [0.29, 0.717) is 31.9 Å². The quantitative estimate of drug-likeness (QED) is 0.593. The molecule has 0 spiro atoms. The largest absolute Gasteiger partial charge is 0.472 e. The molecule has 0 unspecified atom stereocenters. The second-order valence-electron chi connectivity index (χ2n) is 9.28. The number of carbonyl (C=O) groups is 2. The van der Waals surface area contributed by atoms with Crippen molar-refractivity contribution in [1.82, 2.24) is 4.90 Å². The van der Waals surface area contributed by atoms with E-state index in [0.717, 1.165) is 13.2 Å². The first-order chi connectivity index (χ1) is 16.6. The Morgan fingerprint density at radius 3 is 2.49 bits per heavy atom. The Hall–Kier alpha value is -3.40. The Labute approximate surface area is 202 Å². The molecule has 188 valence electrons. The molecule has 0 radical (unpaired) electrons. The van der Waals surface area contributed by atoms with E-state index in [2.05, 4.69) is 0 Å². The van der Waals surface area contributed by atoms with Crippen molar-refractivity contribution in [1.29, 1.82) is 0 Å². The molecular formula is C25H28F2N2O6. The number of benzene rings is 2. The van der Waals surface area contributed by atoms with Crippen LogP contribution in [0.3, 0.4) is 0 Å². The van der Waals surface area contributed by atoms with Crippen LogP contribution in [0.15, 0.2) is 24.3 Å². The summed E-state index contributed by atoms with van der Waals surface area (Å²) in [6.07, 6.45) is -0.553. The van der Waals surface area contributed by atoms with Crippen molar-refractivity contribution in [3.8, 4) is 16.9 Å². The molecule has 0 aromatic heterocycles. The van der Waals surface area contributed by atoms with Crippen LogP contribution in [0.4, 0.5) is 19.3 Å². The number of hydrogen-bond donors (Lipinski definition) is 0. The second kappa shape index (κ2) is 9.69. The Kier molecular flexibility index (Phi) is 6.84. The minimum Gasteiger partial charge on any atom is -0.472 e. The summed E-state index contributed by atoms with van der Waals surface area (Å²) in [7, 11) is 1.16. The fourth-order valence-corrected chi connectivity index (χ4v) is 4.13. The van der Waals surface area contributed by atoms with Crippen LogP contribution < -0.4 is 9.64 Å². The molecule has 35 heavy (non-hydrogen) atoms. The third kappa shape index (κ3) is 5.02. The summed E-state index contributed by atoms with van der Waals surface area (Å²) in [6.45, 7) is 6.65. The smallest absolute Gasteiger partial charge is 0.413 e. The van der Waals surface area contributed by atoms with Crippen molar-refractivity contribution in [2.45, 2.75) is 32.9 Å². The molecule has 0 saturated carbocycles. The van der Waals surface area contributed by atoms with Crippen LogP contribution in [-0.2, 0) is 20.8 Å². The highest BCUT2D eigenvalue weighted by atomic mass is 19.1. The van der Waals surface area contributed by atoms with Crippen molar-refractivity contribution in [2.24, 2.45) is 0 Å². The van der Waals surface area contributed by atoms with Crippen molar-refractivity contribution < 1.29 is 37.3 Å². The van der Waals surface area contributed by atoms with Gasteiger partial charge in [0.1, 0.15) is 17.2 Å². The van der Waals surface area contributed by atoms with E-state index in [1.165, 1.54) is 4.90 Å². The van der Waals surface area contributed by atoms with Crippen LogP contribution in [0, 0.1) is 11.6 Å². The third-order valence-corrected chi connectivity index (χ3v) is 5.67. The van der Waals surface area contributed by atoms with Crippen LogP contribution in [0.5, 0.6) is 5.75 Å². The molecule has 2 aromatic carbocycles. The zero-order valence-electron chi connectivity index (χ0n) is 20.2. The van der Waals surface area contributed by atoms with Gasteiger partial charge in [0, 0.05) is 24.2 Å². The summed E-state index contributed by atoms with van der Waals surface area (Å²) in [5, 5.41) is 0. The topological polar surface area (TPSA) is 77.5 Å². The lowest BCUT2D eigenvalue weighted by molar-refractivity contribution is 0.00246. The van der Waals surface area contributed by atoms with Gasteiger partial charge in [0.2, 0.25) is 0 Å². The van der Waals surface area contributed by atoms with Crippen molar-refractivity contribution in [3.63, 3.8) is 0 Å². The van der Waals surface area contributed by atoms with Crippen molar-refractivity contribution in [3.05, 3.63) is 47.0 Å². The maximum absolute atomic E-state index is 16.1. The van der Waals surface area contributed by atoms with Gasteiger partial charge in [-0.05, 0) is 26.8 Å². The van der Waals surface area contributed by atoms with Crippen LogP contribution in [-0.4, -0.2) is 62.7 Å². The number of morpholine rings is 1. The number of esters is 1. The van der Waals surface area contributed by atoms with Crippen molar-refractivity contribution >= 4 is 17.7 Å². The number of ether oxygens (including phenoxy) is 4. The average Bonchev–Trinajstić information content (AvgIpc) is 2.82. The molecule has 0 aliphatic carbocycles. The van der Waals surface area contributed by atoms with Crippen LogP contribution in [0.2, 0.25) is 0 Å². The van der Waals surface area contributed by atoms with Crippen LogP contribution in [0.1, 0.15) is 36.7 Å². The summed E-state index contributed by atoms with van der Waals surface area (Å²) in [4.78, 5) is 27.9. The van der Waals surface area contributed by atoms with E-state index >= 15 is 8.78 Å². The second-order valence-corrected chi connectivity index (χ2v) is 9.28. The van der Waals surface area contributed by atoms with Crippen LogP contribution >= 0.6 is 0 Å². The molecule has 0 N–H and O–H groups in total. The number of fused-ring (bicyclic) bond motifs is 1. The number of para-hydroxylation sites is 1. The summed E-state index contributed by atoms with van der Waals surface area (Å²) >= 11 is 0. The number of halogens is 2. The minimum absolute atomic E-state index is 0.0413. The first-order valence-corrected chi connectivity index (χ1v) is 11.3. The summed E-state index contributed by atoms with van der Waals surface area (Å²) < 4.78 is 52.8. The van der Waals surface area contributed by atoms with Gasteiger partial charge in [-0.15, -0.1) is 0 Å². The van der Waals surface area contributed by atoms with Gasteiger partial charge in [-0.25, -0.2) is 18.4 Å². The molecule has 2 aliphatic rings. The van der Waals surface area contributed by atoms with Gasteiger partial charge < -0.3 is 23.8 Å². The Balaban J connectivity index is 1.77. The Morgan fingerprint density at radius 2 is 1.83 bits per heavy atom. The maximum atomic E-state index is 16.1. The lowest BCUT2D eigenvalue weighted by atomic mass is 9.96. The zero-order chi connectivity index (χ0) is 25.3. The van der Waals surface area contributed by atoms with Gasteiger partial charge in [0.05, 0.1) is 43.7 Å². The molecule has 4 rings (SSSR count). The molecule has 2 aromatic rings. The third-order valence-electron chi connectivity index (χ3n) is 5.67. The molecule has 0 atom stereocenters. The number of nitrogens with zero attached hydrogens (tertiary/aromatic N) is 2. The van der Waals surface area contributed by atoms with Gasteiger partial charge in [-0.2, -0.15) is 0 Å². The van der Waals surface area contributed by atoms with Crippen LogP contribution in [0.25, 0.3) is 11.1 Å². The number of hydrogen-bond acceptors (Lipinski definition) is 7. The number of amides is 1. The normalized spacial score (nSPS) is 15.8. The fourth-order valence-electron chi connectivity index (χ4n) is 4.13. The predicted octanol–water partition coefficient (Wildman–Crippen LogP) is 4.34. The Morgan fingerprint density at radius 1 is 1.11 bits per heavy atom. The highest BCUT2D eigenvalue weighted by Gasteiger charge is 2.32. The maximum Gasteiger partial charge on any atom is 0.413 e. The number of anilines is 1. The molecule has 1 fully saturated rings. The molecule has 1 saturated heterocycles. The molecule has 1 amide bonds. The van der Waals surface area contributed by atoms with Gasteiger partial charge >= 0.3 is 12.1 Å². The van der Waals surface area contributed by atoms with Crippen molar-refractivity contribution in [2.75, 3.05) is 45.0 Å². The highest BCUT2D eigenvalue weighted by molar-refractivity contribution is 5.98. The number of methoxy groups -OCH3 is 1. The molecule has 2 heterocycles. The summed E-state index contributed by atoms with van der Waals surface area (Å²) in [5.41, 5.74) is -0.476. The first kappa shape index (κ1) is 24.7. The van der Waals surface area contributed by atoms with E-state index in [4.69, 9.17) is 18.9 Å². The van der Waals surface area contributed by atoms with Gasteiger partial charge in [-0.3, -0.25) is 4.90 Å². The zero-order valence-corrected chi connectivity index (χ0v) is 20.2. The van der Waals surface area contributed by atoms with E-state index in [1.807, 2.05) is 0 Å². The van der Waals surface area contributed by atoms with E-state index in [9.17, 15) is 9.59 Å². The Bertz CT molecular complexity index is 1140. The number of carbonyl (C=O) groups excluding carboxylic acids is 2. The number of rotatable bonds is 3. The van der Waals surface area contributed by atoms with Gasteiger partial charge in [0.15, 0.2) is 12.5 Å². The van der Waals surface area contributed by atoms with E-state index < -0.39 is 29.3 Å². The molecule has 0 bridgehead atoms. The average molecular weight is 491 g/mol. The molecular weight excluding hydrogens is 462 g/mol. The van der Waals surface area contributed by atoms with E-state index in [-0.39, 0.29) is 41.4 Å². The summed E-state index contributed by atoms with van der Waals surface area (Å²) in [5.74, 6) is -2.38. The molecule has 10 heteroatoms.